The van der Waals surface area contributed by atoms with Crippen molar-refractivity contribution in [2.75, 3.05) is 5.32 Å². The maximum Gasteiger partial charge on any atom is 0.416 e. The Hall–Kier alpha value is -2.97. The molecule has 0 aliphatic rings. The summed E-state index contributed by atoms with van der Waals surface area (Å²) in [5, 5.41) is 12.7. The standard InChI is InChI=1S/C14H8F4N2O3/c15-10-6-5-8(14(16,17)18)7-11(10)19-13(21)9-3-1-2-4-12(9)20(22)23/h1-7H,(H,19,21). The van der Waals surface area contributed by atoms with Crippen molar-refractivity contribution in [3.05, 3.63) is 69.5 Å². The summed E-state index contributed by atoms with van der Waals surface area (Å²) in [5.41, 5.74) is -2.81. The molecule has 23 heavy (non-hydrogen) atoms. The molecule has 0 saturated heterocycles. The molecular formula is C14H8F4N2O3. The maximum absolute atomic E-state index is 13.6. The van der Waals surface area contributed by atoms with Crippen molar-refractivity contribution in [3.63, 3.8) is 0 Å². The minimum absolute atomic E-state index is 0.394. The minimum atomic E-state index is -4.72. The number of amides is 1. The highest BCUT2D eigenvalue weighted by Gasteiger charge is 2.31. The van der Waals surface area contributed by atoms with Gasteiger partial charge in [-0.15, -0.1) is 0 Å². The van der Waals surface area contributed by atoms with Gasteiger partial charge in [0, 0.05) is 6.07 Å². The van der Waals surface area contributed by atoms with E-state index in [0.717, 1.165) is 12.1 Å². The van der Waals surface area contributed by atoms with Crippen molar-refractivity contribution < 1.29 is 27.3 Å². The lowest BCUT2D eigenvalue weighted by Gasteiger charge is -2.11. The van der Waals surface area contributed by atoms with Crippen LogP contribution in [0, 0.1) is 15.9 Å². The molecular weight excluding hydrogens is 320 g/mol. The van der Waals surface area contributed by atoms with Gasteiger partial charge in [-0.25, -0.2) is 4.39 Å². The Kier molecular flexibility index (Phi) is 4.30. The Morgan fingerprint density at radius 2 is 1.78 bits per heavy atom. The first kappa shape index (κ1) is 16.4. The number of nitrogens with zero attached hydrogens (tertiary/aromatic N) is 1. The monoisotopic (exact) mass is 328 g/mol. The number of nitro benzene ring substituents is 1. The molecule has 0 atom stereocenters. The molecule has 0 aromatic heterocycles. The Labute approximate surface area is 126 Å². The van der Waals surface area contributed by atoms with Gasteiger partial charge in [-0.3, -0.25) is 14.9 Å². The molecule has 1 N–H and O–H groups in total. The van der Waals surface area contributed by atoms with Crippen molar-refractivity contribution in [2.24, 2.45) is 0 Å². The van der Waals surface area contributed by atoms with E-state index in [-0.39, 0.29) is 0 Å². The molecule has 0 radical (unpaired) electrons. The van der Waals surface area contributed by atoms with Gasteiger partial charge in [-0.2, -0.15) is 13.2 Å². The number of nitro groups is 1. The second-order valence-corrected chi connectivity index (χ2v) is 4.42. The Morgan fingerprint density at radius 1 is 1.13 bits per heavy atom. The van der Waals surface area contributed by atoms with Crippen molar-refractivity contribution >= 4 is 17.3 Å². The first-order valence-corrected chi connectivity index (χ1v) is 6.11. The molecule has 0 unspecified atom stereocenters. The van der Waals surface area contributed by atoms with E-state index in [4.69, 9.17) is 0 Å². The molecule has 0 bridgehead atoms. The van der Waals surface area contributed by atoms with Gasteiger partial charge in [0.05, 0.1) is 16.2 Å². The molecule has 2 aromatic rings. The van der Waals surface area contributed by atoms with Crippen molar-refractivity contribution in [2.45, 2.75) is 6.18 Å². The van der Waals surface area contributed by atoms with Gasteiger partial charge in [-0.05, 0) is 24.3 Å². The van der Waals surface area contributed by atoms with E-state index in [1.807, 2.05) is 5.32 Å². The van der Waals surface area contributed by atoms with E-state index in [0.29, 0.717) is 18.2 Å². The average Bonchev–Trinajstić information content (AvgIpc) is 2.48. The molecule has 0 heterocycles. The number of hydrogen-bond acceptors (Lipinski definition) is 3. The van der Waals surface area contributed by atoms with E-state index < -0.39 is 45.3 Å². The van der Waals surface area contributed by atoms with Crippen molar-refractivity contribution in [1.82, 2.24) is 0 Å². The van der Waals surface area contributed by atoms with Crippen LogP contribution in [0.2, 0.25) is 0 Å². The molecule has 2 rings (SSSR count). The van der Waals surface area contributed by atoms with E-state index >= 15 is 0 Å². The lowest BCUT2D eigenvalue weighted by atomic mass is 10.1. The minimum Gasteiger partial charge on any atom is -0.319 e. The Bertz CT molecular complexity index is 775. The summed E-state index contributed by atoms with van der Waals surface area (Å²) in [7, 11) is 0. The average molecular weight is 328 g/mol. The summed E-state index contributed by atoms with van der Waals surface area (Å²) in [6.45, 7) is 0. The summed E-state index contributed by atoms with van der Waals surface area (Å²) in [5.74, 6) is -2.18. The first-order valence-electron chi connectivity index (χ1n) is 6.11. The largest absolute Gasteiger partial charge is 0.416 e. The number of rotatable bonds is 3. The zero-order valence-corrected chi connectivity index (χ0v) is 11.2. The van der Waals surface area contributed by atoms with Gasteiger partial charge >= 0.3 is 6.18 Å². The number of carbonyl (C=O) groups is 1. The highest BCUT2D eigenvalue weighted by molar-refractivity contribution is 6.07. The molecule has 0 spiro atoms. The summed E-state index contributed by atoms with van der Waals surface area (Å²) >= 11 is 0. The smallest absolute Gasteiger partial charge is 0.319 e. The molecule has 0 aliphatic heterocycles. The number of halogens is 4. The number of alkyl halides is 3. The third kappa shape index (κ3) is 3.62. The van der Waals surface area contributed by atoms with Crippen LogP contribution in [0.25, 0.3) is 0 Å². The number of benzene rings is 2. The van der Waals surface area contributed by atoms with Gasteiger partial charge in [0.15, 0.2) is 0 Å². The molecule has 0 fully saturated rings. The second kappa shape index (κ2) is 6.03. The number of anilines is 1. The predicted molar refractivity (Wildman–Crippen MR) is 72.5 cm³/mol. The fraction of sp³-hybridized carbons (Fsp3) is 0.0714. The third-order valence-corrected chi connectivity index (χ3v) is 2.89. The van der Waals surface area contributed by atoms with E-state index in [1.54, 1.807) is 0 Å². The highest BCUT2D eigenvalue weighted by Crippen LogP contribution is 2.32. The molecule has 5 nitrogen and oxygen atoms in total. The molecule has 9 heteroatoms. The fourth-order valence-electron chi connectivity index (χ4n) is 1.81. The fourth-order valence-corrected chi connectivity index (χ4v) is 1.81. The van der Waals surface area contributed by atoms with E-state index in [9.17, 15) is 32.5 Å². The van der Waals surface area contributed by atoms with Crippen molar-refractivity contribution in [3.8, 4) is 0 Å². The van der Waals surface area contributed by atoms with Crippen LogP contribution in [0.1, 0.15) is 15.9 Å². The molecule has 2 aromatic carbocycles. The Balaban J connectivity index is 2.36. The summed E-state index contributed by atoms with van der Waals surface area (Å²) < 4.78 is 51.4. The maximum atomic E-state index is 13.6. The highest BCUT2D eigenvalue weighted by atomic mass is 19.4. The molecule has 0 aliphatic carbocycles. The van der Waals surface area contributed by atoms with Gasteiger partial charge in [0.2, 0.25) is 0 Å². The van der Waals surface area contributed by atoms with Crippen LogP contribution in [0.3, 0.4) is 0 Å². The van der Waals surface area contributed by atoms with Gasteiger partial charge in [0.25, 0.3) is 11.6 Å². The number of carbonyl (C=O) groups excluding carboxylic acids is 1. The lowest BCUT2D eigenvalue weighted by Crippen LogP contribution is -2.16. The van der Waals surface area contributed by atoms with Crippen LogP contribution in [-0.2, 0) is 6.18 Å². The second-order valence-electron chi connectivity index (χ2n) is 4.42. The normalized spacial score (nSPS) is 11.1. The van der Waals surface area contributed by atoms with Gasteiger partial charge < -0.3 is 5.32 Å². The first-order chi connectivity index (χ1) is 10.7. The van der Waals surface area contributed by atoms with Gasteiger partial charge in [-0.1, -0.05) is 12.1 Å². The topological polar surface area (TPSA) is 72.2 Å². The van der Waals surface area contributed by atoms with Crippen LogP contribution in [0.15, 0.2) is 42.5 Å². The lowest BCUT2D eigenvalue weighted by molar-refractivity contribution is -0.385. The van der Waals surface area contributed by atoms with E-state index in [2.05, 4.69) is 0 Å². The summed E-state index contributed by atoms with van der Waals surface area (Å²) in [4.78, 5) is 22.0. The zero-order chi connectivity index (χ0) is 17.2. The predicted octanol–water partition coefficient (Wildman–Crippen LogP) is 4.01. The van der Waals surface area contributed by atoms with Crippen LogP contribution in [0.5, 0.6) is 0 Å². The van der Waals surface area contributed by atoms with Crippen LogP contribution in [-0.4, -0.2) is 10.8 Å². The number of hydrogen-bond donors (Lipinski definition) is 1. The molecule has 1 amide bonds. The van der Waals surface area contributed by atoms with Crippen LogP contribution >= 0.6 is 0 Å². The Morgan fingerprint density at radius 3 is 2.39 bits per heavy atom. The molecule has 0 saturated carbocycles. The van der Waals surface area contributed by atoms with Crippen molar-refractivity contribution in [1.29, 1.82) is 0 Å². The van der Waals surface area contributed by atoms with Crippen LogP contribution in [0.4, 0.5) is 28.9 Å². The number of nitrogens with one attached hydrogen (secondary N) is 1. The molecule has 120 valence electrons. The zero-order valence-electron chi connectivity index (χ0n) is 11.2. The summed E-state index contributed by atoms with van der Waals surface area (Å²) in [6, 6.07) is 6.32. The number of para-hydroxylation sites is 1. The van der Waals surface area contributed by atoms with Crippen LogP contribution < -0.4 is 5.32 Å². The van der Waals surface area contributed by atoms with E-state index in [1.165, 1.54) is 12.1 Å². The van der Waals surface area contributed by atoms with Gasteiger partial charge in [0.1, 0.15) is 11.4 Å². The SMILES string of the molecule is O=C(Nc1cc(C(F)(F)F)ccc1F)c1ccccc1[N+](=O)[O-]. The third-order valence-electron chi connectivity index (χ3n) is 2.89. The summed E-state index contributed by atoms with van der Waals surface area (Å²) in [6.07, 6.45) is -4.72. The quantitative estimate of drug-likeness (QED) is 0.526.